The predicted octanol–water partition coefficient (Wildman–Crippen LogP) is 1.50. The zero-order valence-corrected chi connectivity index (χ0v) is 8.49. The van der Waals surface area contributed by atoms with E-state index in [-0.39, 0.29) is 5.69 Å². The molecule has 1 atom stereocenters. The minimum atomic E-state index is -4.71. The quantitative estimate of drug-likeness (QED) is 0.852. The van der Waals surface area contributed by atoms with Gasteiger partial charge in [0.05, 0.1) is 6.07 Å². The number of aromatic nitrogens is 2. The van der Waals surface area contributed by atoms with E-state index in [9.17, 15) is 18.0 Å². The highest BCUT2D eigenvalue weighted by atomic mass is 19.4. The van der Waals surface area contributed by atoms with Gasteiger partial charge in [-0.15, -0.1) is 0 Å². The van der Waals surface area contributed by atoms with Gasteiger partial charge >= 0.3 is 12.1 Å². The molecule has 90 valence electrons. The normalized spacial score (nSPS) is 12.9. The lowest BCUT2D eigenvalue weighted by Crippen LogP contribution is -2.17. The number of nitriles is 1. The smallest absolute Gasteiger partial charge is 0.433 e. The van der Waals surface area contributed by atoms with Crippen LogP contribution in [0, 0.1) is 18.3 Å². The number of alkyl halides is 3. The van der Waals surface area contributed by atoms with Gasteiger partial charge in [-0.05, 0) is 13.0 Å². The molecule has 1 rings (SSSR count). The van der Waals surface area contributed by atoms with Crippen LogP contribution in [0.4, 0.5) is 13.2 Å². The van der Waals surface area contributed by atoms with Crippen molar-refractivity contribution in [1.29, 1.82) is 5.26 Å². The molecule has 0 aliphatic heterocycles. The third-order valence-corrected chi connectivity index (χ3v) is 1.80. The number of aliphatic carboxylic acids is 1. The van der Waals surface area contributed by atoms with Crippen LogP contribution >= 0.6 is 0 Å². The second kappa shape index (κ2) is 4.37. The molecule has 8 heteroatoms. The van der Waals surface area contributed by atoms with E-state index < -0.39 is 29.6 Å². The van der Waals surface area contributed by atoms with Crippen LogP contribution in [0.5, 0.6) is 0 Å². The molecule has 0 radical (unpaired) electrons. The SMILES string of the molecule is Cc1cc(C(F)(F)F)nc(C(C#N)C(=O)O)n1. The minimum Gasteiger partial charge on any atom is -0.480 e. The van der Waals surface area contributed by atoms with Gasteiger partial charge in [0.1, 0.15) is 5.69 Å². The van der Waals surface area contributed by atoms with Crippen LogP contribution in [0.3, 0.4) is 0 Å². The Labute approximate surface area is 93.5 Å². The maximum absolute atomic E-state index is 12.4. The standard InChI is InChI=1S/C9H6F3N3O2/c1-4-2-6(9(10,11)12)15-7(14-4)5(3-13)8(16)17/h2,5H,1H3,(H,16,17). The highest BCUT2D eigenvalue weighted by Gasteiger charge is 2.35. The highest BCUT2D eigenvalue weighted by Crippen LogP contribution is 2.28. The van der Waals surface area contributed by atoms with Gasteiger partial charge in [-0.2, -0.15) is 18.4 Å². The maximum Gasteiger partial charge on any atom is 0.433 e. The molecule has 1 heterocycles. The molecule has 1 unspecified atom stereocenters. The van der Waals surface area contributed by atoms with Crippen molar-refractivity contribution in [3.63, 3.8) is 0 Å². The van der Waals surface area contributed by atoms with E-state index in [1.165, 1.54) is 13.0 Å². The van der Waals surface area contributed by atoms with E-state index >= 15 is 0 Å². The van der Waals surface area contributed by atoms with Crippen LogP contribution < -0.4 is 0 Å². The van der Waals surface area contributed by atoms with Crippen LogP contribution in [0.1, 0.15) is 23.1 Å². The zero-order chi connectivity index (χ0) is 13.2. The summed E-state index contributed by atoms with van der Waals surface area (Å²) in [5.74, 6) is -4.06. The molecular weight excluding hydrogens is 239 g/mol. The molecule has 0 aliphatic carbocycles. The first-order valence-corrected chi connectivity index (χ1v) is 4.31. The lowest BCUT2D eigenvalue weighted by molar-refractivity contribution is -0.142. The van der Waals surface area contributed by atoms with Gasteiger partial charge in [-0.1, -0.05) is 0 Å². The average Bonchev–Trinajstić information content (AvgIpc) is 2.15. The highest BCUT2D eigenvalue weighted by molar-refractivity contribution is 5.78. The predicted molar refractivity (Wildman–Crippen MR) is 47.8 cm³/mol. The van der Waals surface area contributed by atoms with Crippen LogP contribution in [-0.2, 0) is 11.0 Å². The Morgan fingerprint density at radius 2 is 2.12 bits per heavy atom. The van der Waals surface area contributed by atoms with E-state index in [1.807, 2.05) is 0 Å². The van der Waals surface area contributed by atoms with E-state index in [2.05, 4.69) is 9.97 Å². The van der Waals surface area contributed by atoms with Gasteiger partial charge in [-0.25, -0.2) is 9.97 Å². The molecule has 0 fully saturated rings. The molecule has 0 bridgehead atoms. The first kappa shape index (κ1) is 12.9. The van der Waals surface area contributed by atoms with Crippen molar-refractivity contribution in [2.75, 3.05) is 0 Å². The fraction of sp³-hybridized carbons (Fsp3) is 0.333. The van der Waals surface area contributed by atoms with E-state index in [0.29, 0.717) is 6.07 Å². The fourth-order valence-electron chi connectivity index (χ4n) is 1.09. The zero-order valence-electron chi connectivity index (χ0n) is 8.49. The number of carbonyl (C=O) groups is 1. The molecule has 5 nitrogen and oxygen atoms in total. The largest absolute Gasteiger partial charge is 0.480 e. The lowest BCUT2D eigenvalue weighted by atomic mass is 10.1. The molecule has 1 aromatic rings. The molecule has 0 saturated heterocycles. The van der Waals surface area contributed by atoms with Crippen molar-refractivity contribution >= 4 is 5.97 Å². The maximum atomic E-state index is 12.4. The third kappa shape index (κ3) is 2.90. The van der Waals surface area contributed by atoms with E-state index in [1.54, 1.807) is 0 Å². The van der Waals surface area contributed by atoms with Crippen molar-refractivity contribution in [3.8, 4) is 6.07 Å². The molecular formula is C9H6F3N3O2. The van der Waals surface area contributed by atoms with Gasteiger partial charge in [-0.3, -0.25) is 4.79 Å². The molecule has 17 heavy (non-hydrogen) atoms. The molecule has 0 aromatic carbocycles. The first-order chi connectivity index (χ1) is 7.75. The number of carboxylic acid groups (broad SMARTS) is 1. The Balaban J connectivity index is 3.33. The Hall–Kier alpha value is -2.17. The van der Waals surface area contributed by atoms with Crippen LogP contribution in [0.15, 0.2) is 6.07 Å². The summed E-state index contributed by atoms with van der Waals surface area (Å²) in [5, 5.41) is 17.2. The van der Waals surface area contributed by atoms with Crippen molar-refractivity contribution in [2.24, 2.45) is 0 Å². The van der Waals surface area contributed by atoms with Gasteiger partial charge in [0.25, 0.3) is 0 Å². The summed E-state index contributed by atoms with van der Waals surface area (Å²) in [5.41, 5.74) is -1.31. The van der Waals surface area contributed by atoms with Crippen LogP contribution in [-0.4, -0.2) is 21.0 Å². The summed E-state index contributed by atoms with van der Waals surface area (Å²) in [7, 11) is 0. The number of rotatable bonds is 2. The molecule has 0 aliphatic rings. The monoisotopic (exact) mass is 245 g/mol. The molecule has 1 aromatic heterocycles. The molecule has 1 N–H and O–H groups in total. The number of nitrogens with zero attached hydrogens (tertiary/aromatic N) is 3. The Morgan fingerprint density at radius 3 is 2.53 bits per heavy atom. The van der Waals surface area contributed by atoms with E-state index in [4.69, 9.17) is 10.4 Å². The third-order valence-electron chi connectivity index (χ3n) is 1.80. The Bertz CT molecular complexity index is 493. The van der Waals surface area contributed by atoms with Gasteiger partial charge in [0.2, 0.25) is 5.92 Å². The lowest BCUT2D eigenvalue weighted by Gasteiger charge is -2.09. The molecule has 0 amide bonds. The topological polar surface area (TPSA) is 86.9 Å². The second-order valence-corrected chi connectivity index (χ2v) is 3.15. The summed E-state index contributed by atoms with van der Waals surface area (Å²) < 4.78 is 37.2. The van der Waals surface area contributed by atoms with Crippen molar-refractivity contribution < 1.29 is 23.1 Å². The van der Waals surface area contributed by atoms with E-state index in [0.717, 1.165) is 0 Å². The average molecular weight is 245 g/mol. The fourth-order valence-corrected chi connectivity index (χ4v) is 1.09. The van der Waals surface area contributed by atoms with Crippen molar-refractivity contribution in [2.45, 2.75) is 19.0 Å². The van der Waals surface area contributed by atoms with Gasteiger partial charge in [0, 0.05) is 5.69 Å². The number of carboxylic acids is 1. The van der Waals surface area contributed by atoms with Crippen LogP contribution in [0.25, 0.3) is 0 Å². The molecule has 0 spiro atoms. The minimum absolute atomic E-state index is 0.0520. The summed E-state index contributed by atoms with van der Waals surface area (Å²) in [6, 6.07) is 2.01. The number of hydrogen-bond donors (Lipinski definition) is 1. The first-order valence-electron chi connectivity index (χ1n) is 4.31. The number of hydrogen-bond acceptors (Lipinski definition) is 4. The van der Waals surface area contributed by atoms with Gasteiger partial charge < -0.3 is 5.11 Å². The summed E-state index contributed by atoms with van der Waals surface area (Å²) in [4.78, 5) is 17.2. The van der Waals surface area contributed by atoms with Crippen LogP contribution in [0.2, 0.25) is 0 Å². The molecule has 0 saturated carbocycles. The Kier molecular flexibility index (Phi) is 3.31. The second-order valence-electron chi connectivity index (χ2n) is 3.15. The number of aryl methyl sites for hydroxylation is 1. The Morgan fingerprint density at radius 1 is 1.53 bits per heavy atom. The number of halogens is 3. The van der Waals surface area contributed by atoms with Crippen molar-refractivity contribution in [1.82, 2.24) is 9.97 Å². The van der Waals surface area contributed by atoms with Gasteiger partial charge in [0.15, 0.2) is 5.82 Å². The summed E-state index contributed by atoms with van der Waals surface area (Å²) in [6.07, 6.45) is -4.71. The summed E-state index contributed by atoms with van der Waals surface area (Å²) >= 11 is 0. The van der Waals surface area contributed by atoms with Crippen molar-refractivity contribution in [3.05, 3.63) is 23.3 Å². The summed E-state index contributed by atoms with van der Waals surface area (Å²) in [6.45, 7) is 1.26.